The number of halogens is 2. The molecule has 1 saturated heterocycles. The summed E-state index contributed by atoms with van der Waals surface area (Å²) in [6, 6.07) is 16.0. The van der Waals surface area contributed by atoms with E-state index in [2.05, 4.69) is 29.3 Å². The molecule has 0 saturated carbocycles. The van der Waals surface area contributed by atoms with Gasteiger partial charge in [0.05, 0.1) is 10.0 Å². The van der Waals surface area contributed by atoms with Gasteiger partial charge in [0.15, 0.2) is 0 Å². The summed E-state index contributed by atoms with van der Waals surface area (Å²) in [5, 5.41) is 4.36. The molecule has 0 radical (unpaired) electrons. The van der Waals surface area contributed by atoms with Crippen LogP contribution < -0.4 is 5.32 Å². The first-order valence-corrected chi connectivity index (χ1v) is 10.3. The first-order chi connectivity index (χ1) is 13.0. The van der Waals surface area contributed by atoms with Crippen LogP contribution in [0.15, 0.2) is 48.5 Å². The molecule has 5 heteroatoms. The minimum absolute atomic E-state index is 0.0963. The molecular weight excluding hydrogens is 379 g/mol. The number of rotatable bonds is 6. The number of piperidine rings is 1. The predicted molar refractivity (Wildman–Crippen MR) is 112 cm³/mol. The Labute approximate surface area is 171 Å². The summed E-state index contributed by atoms with van der Waals surface area (Å²) in [5.74, 6) is 0.595. The van der Waals surface area contributed by atoms with E-state index in [1.807, 2.05) is 30.3 Å². The maximum Gasteiger partial charge on any atom is 0.223 e. The van der Waals surface area contributed by atoms with Crippen molar-refractivity contribution in [3.8, 4) is 0 Å². The molecule has 2 aromatic carbocycles. The number of amides is 1. The van der Waals surface area contributed by atoms with Gasteiger partial charge in [-0.05, 0) is 49.0 Å². The second-order valence-corrected chi connectivity index (χ2v) is 8.11. The van der Waals surface area contributed by atoms with Gasteiger partial charge in [-0.1, -0.05) is 72.6 Å². The van der Waals surface area contributed by atoms with Crippen molar-refractivity contribution in [3.63, 3.8) is 0 Å². The highest BCUT2D eigenvalue weighted by Crippen LogP contribution is 2.28. The van der Waals surface area contributed by atoms with Crippen LogP contribution in [0.5, 0.6) is 0 Å². The molecule has 144 valence electrons. The topological polar surface area (TPSA) is 32.3 Å². The normalized spacial score (nSPS) is 16.9. The molecule has 1 atom stereocenters. The van der Waals surface area contributed by atoms with Gasteiger partial charge in [0, 0.05) is 19.0 Å². The van der Waals surface area contributed by atoms with Gasteiger partial charge in [0.1, 0.15) is 0 Å². The van der Waals surface area contributed by atoms with E-state index in [1.54, 1.807) is 6.07 Å². The van der Waals surface area contributed by atoms with Crippen LogP contribution in [0.2, 0.25) is 10.0 Å². The monoisotopic (exact) mass is 404 g/mol. The van der Waals surface area contributed by atoms with Crippen LogP contribution in [0.3, 0.4) is 0 Å². The smallest absolute Gasteiger partial charge is 0.223 e. The average Bonchev–Trinajstić information content (AvgIpc) is 2.70. The fourth-order valence-electron chi connectivity index (χ4n) is 3.56. The quantitative estimate of drug-likeness (QED) is 0.723. The van der Waals surface area contributed by atoms with Gasteiger partial charge < -0.3 is 5.32 Å². The summed E-state index contributed by atoms with van der Waals surface area (Å²) in [5.41, 5.74) is 2.30. The number of carbonyl (C=O) groups excluding carboxylic acids is 1. The molecule has 1 amide bonds. The Morgan fingerprint density at radius 2 is 1.81 bits per heavy atom. The average molecular weight is 405 g/mol. The molecule has 0 spiro atoms. The Hall–Kier alpha value is -1.55. The number of nitrogens with zero attached hydrogens (tertiary/aromatic N) is 1. The van der Waals surface area contributed by atoms with Crippen LogP contribution in [-0.2, 0) is 11.3 Å². The Bertz CT molecular complexity index is 758. The molecule has 0 bridgehead atoms. The SMILES string of the molecule is CC(CNC(=O)C1CCN(Cc2cccc(Cl)c2Cl)CC1)c1ccccc1. The van der Waals surface area contributed by atoms with E-state index in [0.29, 0.717) is 22.5 Å². The van der Waals surface area contributed by atoms with Crippen LogP contribution in [-0.4, -0.2) is 30.4 Å². The van der Waals surface area contributed by atoms with Gasteiger partial charge in [-0.25, -0.2) is 0 Å². The van der Waals surface area contributed by atoms with E-state index in [1.165, 1.54) is 5.56 Å². The summed E-state index contributed by atoms with van der Waals surface area (Å²) in [7, 11) is 0. The Balaban J connectivity index is 1.44. The lowest BCUT2D eigenvalue weighted by molar-refractivity contribution is -0.126. The van der Waals surface area contributed by atoms with Crippen LogP contribution in [0.4, 0.5) is 0 Å². The van der Waals surface area contributed by atoms with Crippen molar-refractivity contribution in [1.82, 2.24) is 10.2 Å². The van der Waals surface area contributed by atoms with Crippen molar-refractivity contribution in [3.05, 3.63) is 69.7 Å². The number of hydrogen-bond acceptors (Lipinski definition) is 2. The van der Waals surface area contributed by atoms with Gasteiger partial charge in [0.25, 0.3) is 0 Å². The minimum Gasteiger partial charge on any atom is -0.355 e. The molecule has 1 aliphatic heterocycles. The standard InChI is InChI=1S/C22H26Cl2N2O/c1-16(17-6-3-2-4-7-17)14-25-22(27)18-10-12-26(13-11-18)15-19-8-5-9-20(23)21(19)24/h2-9,16,18H,10-15H2,1H3,(H,25,27). The van der Waals surface area contributed by atoms with E-state index < -0.39 is 0 Å². The predicted octanol–water partition coefficient (Wildman–Crippen LogP) is 5.13. The summed E-state index contributed by atoms with van der Waals surface area (Å²) >= 11 is 12.4. The van der Waals surface area contributed by atoms with Gasteiger partial charge >= 0.3 is 0 Å². The van der Waals surface area contributed by atoms with Crippen LogP contribution in [0.1, 0.15) is 36.8 Å². The van der Waals surface area contributed by atoms with Crippen molar-refractivity contribution >= 4 is 29.1 Å². The second-order valence-electron chi connectivity index (χ2n) is 7.32. The third kappa shape index (κ3) is 5.47. The second kappa shape index (κ2) is 9.59. The van der Waals surface area contributed by atoms with Crippen LogP contribution >= 0.6 is 23.2 Å². The van der Waals surface area contributed by atoms with E-state index >= 15 is 0 Å². The summed E-state index contributed by atoms with van der Waals surface area (Å²) < 4.78 is 0. The lowest BCUT2D eigenvalue weighted by Crippen LogP contribution is -2.41. The van der Waals surface area contributed by atoms with E-state index in [0.717, 1.165) is 38.0 Å². The van der Waals surface area contributed by atoms with Crippen molar-refractivity contribution in [1.29, 1.82) is 0 Å². The molecule has 1 N–H and O–H groups in total. The van der Waals surface area contributed by atoms with Gasteiger partial charge in [0.2, 0.25) is 5.91 Å². The number of carbonyl (C=O) groups is 1. The molecule has 3 nitrogen and oxygen atoms in total. The van der Waals surface area contributed by atoms with Crippen LogP contribution in [0.25, 0.3) is 0 Å². The zero-order valence-corrected chi connectivity index (χ0v) is 17.1. The van der Waals surface area contributed by atoms with E-state index in [4.69, 9.17) is 23.2 Å². The van der Waals surface area contributed by atoms with Crippen molar-refractivity contribution in [2.24, 2.45) is 5.92 Å². The summed E-state index contributed by atoms with van der Waals surface area (Å²) in [6.45, 7) is 5.40. The van der Waals surface area contributed by atoms with Crippen LogP contribution in [0, 0.1) is 5.92 Å². The van der Waals surface area contributed by atoms with Gasteiger partial charge in [-0.2, -0.15) is 0 Å². The first kappa shape index (κ1) is 20.2. The Morgan fingerprint density at radius 1 is 1.11 bits per heavy atom. The fraction of sp³-hybridized carbons (Fsp3) is 0.409. The number of likely N-dealkylation sites (tertiary alicyclic amines) is 1. The molecular formula is C22H26Cl2N2O. The van der Waals surface area contributed by atoms with Crippen molar-refractivity contribution < 1.29 is 4.79 Å². The molecule has 2 aromatic rings. The molecule has 0 aromatic heterocycles. The third-order valence-corrected chi connectivity index (χ3v) is 6.19. The number of nitrogens with one attached hydrogen (secondary N) is 1. The third-order valence-electron chi connectivity index (χ3n) is 5.33. The highest BCUT2D eigenvalue weighted by Gasteiger charge is 2.25. The number of benzene rings is 2. The molecule has 1 unspecified atom stereocenters. The lowest BCUT2D eigenvalue weighted by atomic mass is 9.95. The Kier molecular flexibility index (Phi) is 7.17. The highest BCUT2D eigenvalue weighted by atomic mass is 35.5. The maximum atomic E-state index is 12.5. The molecule has 1 heterocycles. The summed E-state index contributed by atoms with van der Waals surface area (Å²) in [4.78, 5) is 14.9. The lowest BCUT2D eigenvalue weighted by Gasteiger charge is -2.31. The molecule has 27 heavy (non-hydrogen) atoms. The van der Waals surface area contributed by atoms with Crippen molar-refractivity contribution in [2.75, 3.05) is 19.6 Å². The zero-order chi connectivity index (χ0) is 19.2. The van der Waals surface area contributed by atoms with E-state index in [9.17, 15) is 4.79 Å². The van der Waals surface area contributed by atoms with Gasteiger partial charge in [-0.3, -0.25) is 9.69 Å². The maximum absolute atomic E-state index is 12.5. The molecule has 3 rings (SSSR count). The van der Waals surface area contributed by atoms with E-state index in [-0.39, 0.29) is 11.8 Å². The molecule has 1 fully saturated rings. The zero-order valence-electron chi connectivity index (χ0n) is 15.6. The minimum atomic E-state index is 0.0963. The summed E-state index contributed by atoms with van der Waals surface area (Å²) in [6.07, 6.45) is 1.76. The Morgan fingerprint density at radius 3 is 2.52 bits per heavy atom. The highest BCUT2D eigenvalue weighted by molar-refractivity contribution is 6.42. The largest absolute Gasteiger partial charge is 0.355 e. The first-order valence-electron chi connectivity index (χ1n) is 9.52. The van der Waals surface area contributed by atoms with Crippen molar-refractivity contribution in [2.45, 2.75) is 32.2 Å². The fourth-order valence-corrected chi connectivity index (χ4v) is 3.94. The number of hydrogen-bond donors (Lipinski definition) is 1. The van der Waals surface area contributed by atoms with Gasteiger partial charge in [-0.15, -0.1) is 0 Å². The molecule has 1 aliphatic rings. The molecule has 0 aliphatic carbocycles.